The van der Waals surface area contributed by atoms with Crippen molar-refractivity contribution >= 4 is 11.9 Å². The van der Waals surface area contributed by atoms with Crippen molar-refractivity contribution in [3.63, 3.8) is 0 Å². The number of amides is 1. The Hall–Kier alpha value is -1.92. The fourth-order valence-electron chi connectivity index (χ4n) is 2.35. The van der Waals surface area contributed by atoms with Crippen LogP contribution in [-0.2, 0) is 24.6 Å². The van der Waals surface area contributed by atoms with Crippen molar-refractivity contribution in [2.45, 2.75) is 25.0 Å². The summed E-state index contributed by atoms with van der Waals surface area (Å²) in [4.78, 5) is 24.1. The number of carboxylic acid groups (broad SMARTS) is 1. The number of ether oxygens (including phenoxy) is 2. The third-order valence-electron chi connectivity index (χ3n) is 3.61. The lowest BCUT2D eigenvalue weighted by Gasteiger charge is -2.32. The van der Waals surface area contributed by atoms with Crippen LogP contribution in [-0.4, -0.2) is 42.9 Å². The SMILES string of the molecule is CCC(NC(=O)C1COCCO1)(C(=O)O)c1ccccc1. The van der Waals surface area contributed by atoms with Crippen molar-refractivity contribution in [3.8, 4) is 0 Å². The smallest absolute Gasteiger partial charge is 0.334 e. The number of carbonyl (C=O) groups is 2. The zero-order valence-corrected chi connectivity index (χ0v) is 11.9. The fourth-order valence-corrected chi connectivity index (χ4v) is 2.35. The van der Waals surface area contributed by atoms with E-state index in [9.17, 15) is 14.7 Å². The van der Waals surface area contributed by atoms with E-state index in [-0.39, 0.29) is 13.0 Å². The number of hydrogen-bond acceptors (Lipinski definition) is 4. The van der Waals surface area contributed by atoms with Crippen LogP contribution < -0.4 is 5.32 Å². The highest BCUT2D eigenvalue weighted by Crippen LogP contribution is 2.26. The lowest BCUT2D eigenvalue weighted by Crippen LogP contribution is -2.56. The average molecular weight is 293 g/mol. The first-order valence-corrected chi connectivity index (χ1v) is 6.90. The minimum atomic E-state index is -1.46. The lowest BCUT2D eigenvalue weighted by atomic mass is 9.87. The molecule has 6 heteroatoms. The summed E-state index contributed by atoms with van der Waals surface area (Å²) in [5.41, 5.74) is -0.927. The Morgan fingerprint density at radius 2 is 2.05 bits per heavy atom. The molecule has 1 aromatic rings. The summed E-state index contributed by atoms with van der Waals surface area (Å²) in [5.74, 6) is -1.57. The van der Waals surface area contributed by atoms with E-state index in [4.69, 9.17) is 9.47 Å². The topological polar surface area (TPSA) is 84.9 Å². The van der Waals surface area contributed by atoms with Crippen LogP contribution in [0.1, 0.15) is 18.9 Å². The first-order chi connectivity index (χ1) is 10.1. The molecule has 1 amide bonds. The molecular formula is C15H19NO5. The normalized spacial score (nSPS) is 21.3. The molecule has 2 rings (SSSR count). The van der Waals surface area contributed by atoms with Gasteiger partial charge in [-0.1, -0.05) is 37.3 Å². The van der Waals surface area contributed by atoms with E-state index < -0.39 is 23.5 Å². The van der Waals surface area contributed by atoms with Gasteiger partial charge in [-0.3, -0.25) is 4.79 Å². The van der Waals surface area contributed by atoms with E-state index in [1.807, 2.05) is 0 Å². The number of carboxylic acids is 1. The molecule has 0 radical (unpaired) electrons. The molecule has 1 aliphatic heterocycles. The predicted molar refractivity (Wildman–Crippen MR) is 74.7 cm³/mol. The Balaban J connectivity index is 2.24. The number of hydrogen-bond donors (Lipinski definition) is 2. The van der Waals surface area contributed by atoms with Gasteiger partial charge in [-0.15, -0.1) is 0 Å². The maximum absolute atomic E-state index is 12.3. The molecule has 114 valence electrons. The number of nitrogens with one attached hydrogen (secondary N) is 1. The summed E-state index contributed by atoms with van der Waals surface area (Å²) in [7, 11) is 0. The summed E-state index contributed by atoms with van der Waals surface area (Å²) >= 11 is 0. The molecule has 1 saturated heterocycles. The minimum Gasteiger partial charge on any atom is -0.479 e. The molecule has 1 aliphatic rings. The maximum Gasteiger partial charge on any atom is 0.334 e. The van der Waals surface area contributed by atoms with Crippen LogP contribution in [0.3, 0.4) is 0 Å². The van der Waals surface area contributed by atoms with Gasteiger partial charge in [-0.25, -0.2) is 4.79 Å². The first-order valence-electron chi connectivity index (χ1n) is 6.90. The monoisotopic (exact) mass is 293 g/mol. The third kappa shape index (κ3) is 3.22. The van der Waals surface area contributed by atoms with E-state index >= 15 is 0 Å². The van der Waals surface area contributed by atoms with Gasteiger partial charge in [0.1, 0.15) is 0 Å². The second-order valence-electron chi connectivity index (χ2n) is 4.85. The number of rotatable bonds is 5. The van der Waals surface area contributed by atoms with Gasteiger partial charge in [0.15, 0.2) is 11.6 Å². The molecule has 21 heavy (non-hydrogen) atoms. The molecule has 2 unspecified atom stereocenters. The van der Waals surface area contributed by atoms with Gasteiger partial charge >= 0.3 is 5.97 Å². The third-order valence-corrected chi connectivity index (χ3v) is 3.61. The first kappa shape index (κ1) is 15.5. The van der Waals surface area contributed by atoms with Crippen molar-refractivity contribution in [1.29, 1.82) is 0 Å². The second kappa shape index (κ2) is 6.69. The van der Waals surface area contributed by atoms with Crippen LogP contribution in [0.5, 0.6) is 0 Å². The second-order valence-corrected chi connectivity index (χ2v) is 4.85. The molecule has 1 fully saturated rings. The van der Waals surface area contributed by atoms with Crippen LogP contribution in [0, 0.1) is 0 Å². The Labute approximate surface area is 123 Å². The summed E-state index contributed by atoms with van der Waals surface area (Å²) in [6, 6.07) is 8.67. The zero-order chi connectivity index (χ0) is 15.3. The van der Waals surface area contributed by atoms with Gasteiger partial charge in [-0.2, -0.15) is 0 Å². The van der Waals surface area contributed by atoms with Crippen molar-refractivity contribution in [1.82, 2.24) is 5.32 Å². The van der Waals surface area contributed by atoms with Crippen LogP contribution >= 0.6 is 0 Å². The minimum absolute atomic E-state index is 0.139. The van der Waals surface area contributed by atoms with Crippen LogP contribution in [0.4, 0.5) is 0 Å². The van der Waals surface area contributed by atoms with Crippen molar-refractivity contribution in [3.05, 3.63) is 35.9 Å². The fraction of sp³-hybridized carbons (Fsp3) is 0.467. The molecule has 2 N–H and O–H groups in total. The van der Waals surface area contributed by atoms with Gasteiger partial charge in [0.2, 0.25) is 0 Å². The summed E-state index contributed by atoms with van der Waals surface area (Å²) in [6.07, 6.45) is -0.543. The van der Waals surface area contributed by atoms with E-state index in [0.717, 1.165) is 0 Å². The van der Waals surface area contributed by atoms with Gasteiger partial charge in [0, 0.05) is 0 Å². The van der Waals surface area contributed by atoms with E-state index in [1.54, 1.807) is 37.3 Å². The number of benzene rings is 1. The molecule has 1 aromatic carbocycles. The molecule has 0 aliphatic carbocycles. The van der Waals surface area contributed by atoms with Crippen LogP contribution in [0.2, 0.25) is 0 Å². The van der Waals surface area contributed by atoms with Crippen LogP contribution in [0.15, 0.2) is 30.3 Å². The highest BCUT2D eigenvalue weighted by molar-refractivity contribution is 5.90. The Bertz CT molecular complexity index is 498. The van der Waals surface area contributed by atoms with Gasteiger partial charge in [-0.05, 0) is 12.0 Å². The summed E-state index contributed by atoms with van der Waals surface area (Å²) in [6.45, 7) is 2.63. The molecule has 0 aromatic heterocycles. The Morgan fingerprint density at radius 3 is 2.57 bits per heavy atom. The standard InChI is InChI=1S/C15H19NO5/c1-2-15(14(18)19,11-6-4-3-5-7-11)16-13(17)12-10-20-8-9-21-12/h3-7,12H,2,8-10H2,1H3,(H,16,17)(H,18,19). The van der Waals surface area contributed by atoms with Gasteiger partial charge < -0.3 is 19.9 Å². The van der Waals surface area contributed by atoms with Crippen molar-refractivity contribution in [2.24, 2.45) is 0 Å². The van der Waals surface area contributed by atoms with Crippen molar-refractivity contribution in [2.75, 3.05) is 19.8 Å². The molecule has 2 atom stereocenters. The Morgan fingerprint density at radius 1 is 1.33 bits per heavy atom. The van der Waals surface area contributed by atoms with Crippen LogP contribution in [0.25, 0.3) is 0 Å². The maximum atomic E-state index is 12.3. The quantitative estimate of drug-likeness (QED) is 0.843. The van der Waals surface area contributed by atoms with Gasteiger partial charge in [0.25, 0.3) is 5.91 Å². The molecule has 6 nitrogen and oxygen atoms in total. The van der Waals surface area contributed by atoms with Gasteiger partial charge in [0.05, 0.1) is 19.8 Å². The summed E-state index contributed by atoms with van der Waals surface area (Å²) in [5, 5.41) is 12.3. The zero-order valence-electron chi connectivity index (χ0n) is 11.9. The van der Waals surface area contributed by atoms with E-state index in [1.165, 1.54) is 0 Å². The number of carbonyl (C=O) groups excluding carboxylic acids is 1. The average Bonchev–Trinajstić information content (AvgIpc) is 2.54. The molecule has 0 spiro atoms. The molecular weight excluding hydrogens is 274 g/mol. The highest BCUT2D eigenvalue weighted by Gasteiger charge is 2.42. The summed E-state index contributed by atoms with van der Waals surface area (Å²) < 4.78 is 10.5. The highest BCUT2D eigenvalue weighted by atomic mass is 16.6. The number of aliphatic carboxylic acids is 1. The van der Waals surface area contributed by atoms with Crippen molar-refractivity contribution < 1.29 is 24.2 Å². The predicted octanol–water partition coefficient (Wildman–Crippen LogP) is 0.908. The largest absolute Gasteiger partial charge is 0.479 e. The van der Waals surface area contributed by atoms with E-state index in [0.29, 0.717) is 18.8 Å². The van der Waals surface area contributed by atoms with E-state index in [2.05, 4.69) is 5.32 Å². The molecule has 0 saturated carbocycles. The lowest BCUT2D eigenvalue weighted by molar-refractivity contribution is -0.157. The molecule has 0 bridgehead atoms. The Kier molecular flexibility index (Phi) is 4.93. The molecule has 1 heterocycles.